The average Bonchev–Trinajstić information content (AvgIpc) is 3.05. The molecule has 0 aliphatic rings. The van der Waals surface area contributed by atoms with Crippen LogP contribution in [0.3, 0.4) is 0 Å². The number of H-pyrrole nitrogens is 1. The summed E-state index contributed by atoms with van der Waals surface area (Å²) < 4.78 is 0. The molecular weight excluding hydrogens is 306 g/mol. The van der Waals surface area contributed by atoms with Gasteiger partial charge in [0.2, 0.25) is 0 Å². The molecular formula is C17H13N5O2. The predicted octanol–water partition coefficient (Wildman–Crippen LogP) is 2.82. The molecule has 3 N–H and O–H groups in total. The number of carboxylic acids is 1. The first-order valence-corrected chi connectivity index (χ1v) is 7.35. The predicted molar refractivity (Wildman–Crippen MR) is 89.9 cm³/mol. The number of carbonyl (C=O) groups is 1. The number of hydrogen-bond acceptors (Lipinski definition) is 5. The fourth-order valence-electron chi connectivity index (χ4n) is 2.66. The molecule has 0 aliphatic heterocycles. The molecule has 24 heavy (non-hydrogen) atoms. The van der Waals surface area contributed by atoms with Crippen molar-refractivity contribution < 1.29 is 9.90 Å². The second-order valence-electron chi connectivity index (χ2n) is 5.34. The summed E-state index contributed by atoms with van der Waals surface area (Å²) in [5.41, 5.74) is 2.39. The highest BCUT2D eigenvalue weighted by Gasteiger charge is 2.14. The molecule has 0 fully saturated rings. The lowest BCUT2D eigenvalue weighted by Gasteiger charge is -2.09. The normalized spacial score (nSPS) is 11.0. The Morgan fingerprint density at radius 3 is 2.83 bits per heavy atom. The molecule has 4 aromatic heterocycles. The average molecular weight is 319 g/mol. The van der Waals surface area contributed by atoms with Gasteiger partial charge in [-0.15, -0.1) is 0 Å². The van der Waals surface area contributed by atoms with Crippen LogP contribution in [0.1, 0.15) is 16.1 Å². The molecule has 0 saturated heterocycles. The maximum absolute atomic E-state index is 11.2. The van der Waals surface area contributed by atoms with Gasteiger partial charge in [-0.05, 0) is 23.8 Å². The second kappa shape index (κ2) is 5.62. The molecule has 0 spiro atoms. The van der Waals surface area contributed by atoms with Gasteiger partial charge in [0, 0.05) is 42.1 Å². The highest BCUT2D eigenvalue weighted by Crippen LogP contribution is 2.29. The van der Waals surface area contributed by atoms with E-state index in [0.29, 0.717) is 23.4 Å². The van der Waals surface area contributed by atoms with Crippen LogP contribution in [0, 0.1) is 0 Å². The standard InChI is InChI=1S/C17H13N5O2/c23-17(24)14-6-13-15(21-14)12-9-19-5-3-11(12)16(22-13)20-8-10-2-1-4-18-7-10/h1-7,9,21H,8H2,(H,20,22)(H,23,24). The van der Waals surface area contributed by atoms with E-state index in [2.05, 4.69) is 25.3 Å². The summed E-state index contributed by atoms with van der Waals surface area (Å²) in [6.07, 6.45) is 6.90. The quantitative estimate of drug-likeness (QED) is 0.534. The number of nitrogens with zero attached hydrogens (tertiary/aromatic N) is 3. The molecule has 0 aliphatic carbocycles. The SMILES string of the molecule is O=C(O)c1cc2nc(NCc3cccnc3)c3ccncc3c2[nH]1. The van der Waals surface area contributed by atoms with E-state index in [9.17, 15) is 9.90 Å². The number of nitrogens with one attached hydrogen (secondary N) is 2. The van der Waals surface area contributed by atoms with E-state index < -0.39 is 5.97 Å². The molecule has 7 nitrogen and oxygen atoms in total. The first-order chi connectivity index (χ1) is 11.7. The molecule has 0 unspecified atom stereocenters. The Morgan fingerprint density at radius 2 is 2.04 bits per heavy atom. The molecule has 0 amide bonds. The second-order valence-corrected chi connectivity index (χ2v) is 5.34. The van der Waals surface area contributed by atoms with Gasteiger partial charge < -0.3 is 15.4 Å². The van der Waals surface area contributed by atoms with Crippen LogP contribution in [0.2, 0.25) is 0 Å². The zero-order valence-corrected chi connectivity index (χ0v) is 12.5. The number of aromatic carboxylic acids is 1. The number of hydrogen-bond donors (Lipinski definition) is 3. The van der Waals surface area contributed by atoms with Crippen molar-refractivity contribution >= 4 is 33.6 Å². The lowest BCUT2D eigenvalue weighted by atomic mass is 10.2. The number of aromatic amines is 1. The number of rotatable bonds is 4. The molecule has 0 atom stereocenters. The van der Waals surface area contributed by atoms with Crippen molar-refractivity contribution in [2.24, 2.45) is 0 Å². The third kappa shape index (κ3) is 2.41. The zero-order valence-electron chi connectivity index (χ0n) is 12.5. The molecule has 0 saturated carbocycles. The van der Waals surface area contributed by atoms with Crippen molar-refractivity contribution in [1.82, 2.24) is 19.9 Å². The van der Waals surface area contributed by atoms with Crippen molar-refractivity contribution in [3.05, 3.63) is 60.3 Å². The molecule has 0 aromatic carbocycles. The van der Waals surface area contributed by atoms with Crippen LogP contribution in [0.5, 0.6) is 0 Å². The van der Waals surface area contributed by atoms with E-state index in [1.54, 1.807) is 24.8 Å². The van der Waals surface area contributed by atoms with Gasteiger partial charge in [-0.3, -0.25) is 9.97 Å². The van der Waals surface area contributed by atoms with E-state index >= 15 is 0 Å². The van der Waals surface area contributed by atoms with Crippen molar-refractivity contribution in [3.8, 4) is 0 Å². The molecule has 4 rings (SSSR count). The van der Waals surface area contributed by atoms with Crippen LogP contribution in [0.4, 0.5) is 5.82 Å². The summed E-state index contributed by atoms with van der Waals surface area (Å²) in [7, 11) is 0. The minimum Gasteiger partial charge on any atom is -0.477 e. The topological polar surface area (TPSA) is 104 Å². The van der Waals surface area contributed by atoms with Crippen LogP contribution in [0.15, 0.2) is 49.1 Å². The van der Waals surface area contributed by atoms with E-state index in [1.165, 1.54) is 6.07 Å². The lowest BCUT2D eigenvalue weighted by Crippen LogP contribution is -2.02. The van der Waals surface area contributed by atoms with Gasteiger partial charge in [0.1, 0.15) is 11.5 Å². The summed E-state index contributed by atoms with van der Waals surface area (Å²) in [6.45, 7) is 0.569. The van der Waals surface area contributed by atoms with Gasteiger partial charge in [0.25, 0.3) is 0 Å². The summed E-state index contributed by atoms with van der Waals surface area (Å²) >= 11 is 0. The Balaban J connectivity index is 1.82. The maximum Gasteiger partial charge on any atom is 0.352 e. The highest BCUT2D eigenvalue weighted by molar-refractivity contribution is 6.09. The van der Waals surface area contributed by atoms with Gasteiger partial charge in [0.05, 0.1) is 11.0 Å². The monoisotopic (exact) mass is 319 g/mol. The van der Waals surface area contributed by atoms with Crippen molar-refractivity contribution in [2.75, 3.05) is 5.32 Å². The smallest absolute Gasteiger partial charge is 0.352 e. The molecule has 118 valence electrons. The van der Waals surface area contributed by atoms with E-state index in [1.807, 2.05) is 18.2 Å². The van der Waals surface area contributed by atoms with Gasteiger partial charge in [0.15, 0.2) is 0 Å². The Kier molecular flexibility index (Phi) is 3.31. The Labute approximate surface area is 136 Å². The Bertz CT molecular complexity index is 1040. The summed E-state index contributed by atoms with van der Waals surface area (Å²) in [6, 6.07) is 7.23. The first kappa shape index (κ1) is 14.1. The van der Waals surface area contributed by atoms with E-state index in [0.717, 1.165) is 16.3 Å². The maximum atomic E-state index is 11.2. The minimum atomic E-state index is -1.02. The van der Waals surface area contributed by atoms with Crippen LogP contribution < -0.4 is 5.32 Å². The molecule has 7 heteroatoms. The fraction of sp³-hybridized carbons (Fsp3) is 0.0588. The lowest BCUT2D eigenvalue weighted by molar-refractivity contribution is 0.0691. The summed E-state index contributed by atoms with van der Waals surface area (Å²) in [5, 5.41) is 14.2. The van der Waals surface area contributed by atoms with Crippen LogP contribution in [-0.4, -0.2) is 31.0 Å². The highest BCUT2D eigenvalue weighted by atomic mass is 16.4. The summed E-state index contributed by atoms with van der Waals surface area (Å²) in [5.74, 6) is -0.338. The van der Waals surface area contributed by atoms with Crippen LogP contribution >= 0.6 is 0 Å². The van der Waals surface area contributed by atoms with Gasteiger partial charge >= 0.3 is 5.97 Å². The van der Waals surface area contributed by atoms with Crippen molar-refractivity contribution in [1.29, 1.82) is 0 Å². The largest absolute Gasteiger partial charge is 0.477 e. The van der Waals surface area contributed by atoms with Crippen molar-refractivity contribution in [3.63, 3.8) is 0 Å². The van der Waals surface area contributed by atoms with Gasteiger partial charge in [-0.25, -0.2) is 9.78 Å². The van der Waals surface area contributed by atoms with Gasteiger partial charge in [-0.1, -0.05) is 6.07 Å². The number of pyridine rings is 3. The van der Waals surface area contributed by atoms with Crippen LogP contribution in [-0.2, 0) is 6.54 Å². The number of anilines is 1. The molecule has 0 radical (unpaired) electrons. The first-order valence-electron chi connectivity index (χ1n) is 7.35. The van der Waals surface area contributed by atoms with E-state index in [-0.39, 0.29) is 5.69 Å². The fourth-order valence-corrected chi connectivity index (χ4v) is 2.66. The number of aromatic nitrogens is 4. The number of fused-ring (bicyclic) bond motifs is 3. The summed E-state index contributed by atoms with van der Waals surface area (Å²) in [4.78, 5) is 26.9. The Morgan fingerprint density at radius 1 is 1.17 bits per heavy atom. The number of carboxylic acid groups (broad SMARTS) is 1. The Hall–Kier alpha value is -3.48. The third-order valence-electron chi connectivity index (χ3n) is 3.79. The van der Waals surface area contributed by atoms with E-state index in [4.69, 9.17) is 0 Å². The molecule has 0 bridgehead atoms. The van der Waals surface area contributed by atoms with Crippen molar-refractivity contribution in [2.45, 2.75) is 6.54 Å². The van der Waals surface area contributed by atoms with Crippen LogP contribution in [0.25, 0.3) is 21.8 Å². The molecule has 4 aromatic rings. The minimum absolute atomic E-state index is 0.104. The van der Waals surface area contributed by atoms with Gasteiger partial charge in [-0.2, -0.15) is 0 Å². The third-order valence-corrected chi connectivity index (χ3v) is 3.79. The molecule has 4 heterocycles. The zero-order chi connectivity index (χ0) is 16.5.